The van der Waals surface area contributed by atoms with Gasteiger partial charge in [-0.1, -0.05) is 12.1 Å². The van der Waals surface area contributed by atoms with Crippen LogP contribution in [0.4, 0.5) is 0 Å². The van der Waals surface area contributed by atoms with Crippen molar-refractivity contribution in [2.45, 2.75) is 0 Å². The molecule has 0 fully saturated rings. The largest absolute Gasteiger partial charge is 0.208 e. The lowest BCUT2D eigenvalue weighted by molar-refractivity contribution is -0.671. The molecule has 4 aromatic heterocycles. The van der Waals surface area contributed by atoms with E-state index in [1.807, 2.05) is 29.7 Å². The number of pyridine rings is 1. The molecule has 0 spiro atoms. The van der Waals surface area contributed by atoms with Gasteiger partial charge < -0.3 is 0 Å². The van der Waals surface area contributed by atoms with Crippen LogP contribution in [0.25, 0.3) is 30.6 Å². The molecule has 4 heteroatoms. The second-order valence-corrected chi connectivity index (χ2v) is 8.01. The fourth-order valence-electron chi connectivity index (χ4n) is 2.40. The maximum absolute atomic E-state index is 2.33. The molecule has 0 amide bonds. The Hall–Kier alpha value is -1.75. The van der Waals surface area contributed by atoms with Gasteiger partial charge in [-0.05, 0) is 29.0 Å². The third-order valence-corrected chi connectivity index (χ3v) is 6.66. The van der Waals surface area contributed by atoms with E-state index in [4.69, 9.17) is 0 Å². The molecule has 0 unspecified atom stereocenters. The van der Waals surface area contributed by atoms with Crippen LogP contribution in [0.3, 0.4) is 0 Å². The fraction of sp³-hybridized carbons (Fsp3) is 0.0556. The van der Waals surface area contributed by atoms with Crippen LogP contribution in [-0.2, 0) is 7.05 Å². The predicted octanol–water partition coefficient (Wildman–Crippen LogP) is 5.70. The van der Waals surface area contributed by atoms with Crippen molar-refractivity contribution in [2.24, 2.45) is 7.05 Å². The topological polar surface area (TPSA) is 3.88 Å². The fourth-order valence-corrected chi connectivity index (χ4v) is 5.26. The Bertz CT molecular complexity index is 817. The number of nitrogens with zero attached hydrogens (tertiary/aromatic N) is 1. The molecule has 0 aliphatic heterocycles. The third kappa shape index (κ3) is 2.54. The molecule has 0 saturated carbocycles. The minimum absolute atomic E-state index is 1.28. The van der Waals surface area contributed by atoms with Crippen LogP contribution in [0.5, 0.6) is 0 Å². The smallest absolute Gasteiger partial charge is 0.169 e. The number of rotatable bonds is 3. The number of aryl methyl sites for hydroxylation is 1. The lowest BCUT2D eigenvalue weighted by Gasteiger charge is -1.97. The maximum atomic E-state index is 2.33. The first-order valence-electron chi connectivity index (χ1n) is 6.98. The van der Waals surface area contributed by atoms with Gasteiger partial charge >= 0.3 is 0 Å². The highest BCUT2D eigenvalue weighted by Crippen LogP contribution is 2.45. The number of aromatic nitrogens is 1. The molecule has 0 bridgehead atoms. The molecule has 0 radical (unpaired) electrons. The normalized spacial score (nSPS) is 11.0. The Morgan fingerprint density at radius 2 is 1.50 bits per heavy atom. The first kappa shape index (κ1) is 13.9. The van der Waals surface area contributed by atoms with Gasteiger partial charge in [0.15, 0.2) is 12.4 Å². The lowest BCUT2D eigenvalue weighted by atomic mass is 10.1. The molecule has 0 aliphatic rings. The summed E-state index contributed by atoms with van der Waals surface area (Å²) in [5.41, 5.74) is 2.63. The van der Waals surface area contributed by atoms with E-state index in [9.17, 15) is 0 Å². The molecular formula is C18H14NS3+. The molecule has 0 N–H and O–H groups in total. The summed E-state index contributed by atoms with van der Waals surface area (Å²) in [4.78, 5) is 5.39. The van der Waals surface area contributed by atoms with E-state index in [1.54, 1.807) is 11.3 Å². The molecular weight excluding hydrogens is 326 g/mol. The molecule has 0 atom stereocenters. The van der Waals surface area contributed by atoms with Gasteiger partial charge in [-0.15, -0.1) is 34.0 Å². The summed E-state index contributed by atoms with van der Waals surface area (Å²) in [7, 11) is 2.05. The standard InChI is InChI=1S/C18H14NS3/c1-19-8-6-13(7-9-19)17-12-14(15-4-2-10-20-15)18(22-17)16-5-3-11-21-16/h2-12H,1H3/q+1. The van der Waals surface area contributed by atoms with Crippen LogP contribution < -0.4 is 4.57 Å². The first-order chi connectivity index (χ1) is 10.8. The molecule has 22 heavy (non-hydrogen) atoms. The van der Waals surface area contributed by atoms with Crippen molar-refractivity contribution >= 4 is 34.0 Å². The molecule has 108 valence electrons. The van der Waals surface area contributed by atoms with Gasteiger partial charge in [0.2, 0.25) is 0 Å². The van der Waals surface area contributed by atoms with E-state index in [0.717, 1.165) is 0 Å². The van der Waals surface area contributed by atoms with Crippen molar-refractivity contribution in [3.05, 3.63) is 65.6 Å². The molecule has 1 nitrogen and oxygen atoms in total. The average Bonchev–Trinajstić information content (AvgIpc) is 3.27. The quantitative estimate of drug-likeness (QED) is 0.421. The van der Waals surface area contributed by atoms with Gasteiger partial charge in [-0.2, -0.15) is 0 Å². The third-order valence-electron chi connectivity index (χ3n) is 3.53. The monoisotopic (exact) mass is 340 g/mol. The van der Waals surface area contributed by atoms with Crippen molar-refractivity contribution in [1.29, 1.82) is 0 Å². The second kappa shape index (κ2) is 5.80. The van der Waals surface area contributed by atoms with Gasteiger partial charge in [0.1, 0.15) is 7.05 Å². The van der Waals surface area contributed by atoms with Crippen LogP contribution in [-0.4, -0.2) is 0 Å². The van der Waals surface area contributed by atoms with Crippen LogP contribution in [0.2, 0.25) is 0 Å². The summed E-state index contributed by atoms with van der Waals surface area (Å²) in [6.07, 6.45) is 4.20. The van der Waals surface area contributed by atoms with Crippen LogP contribution in [0.15, 0.2) is 65.6 Å². The second-order valence-electron chi connectivity index (χ2n) is 5.06. The number of thiophene rings is 3. The zero-order valence-corrected chi connectivity index (χ0v) is 14.5. The Morgan fingerprint density at radius 1 is 0.818 bits per heavy atom. The van der Waals surface area contributed by atoms with Gasteiger partial charge in [0, 0.05) is 37.9 Å². The van der Waals surface area contributed by atoms with E-state index in [0.29, 0.717) is 0 Å². The Kier molecular flexibility index (Phi) is 3.66. The van der Waals surface area contributed by atoms with E-state index in [-0.39, 0.29) is 0 Å². The highest BCUT2D eigenvalue weighted by atomic mass is 32.1. The van der Waals surface area contributed by atoms with Crippen molar-refractivity contribution in [1.82, 2.24) is 0 Å². The zero-order valence-electron chi connectivity index (χ0n) is 12.0. The van der Waals surface area contributed by atoms with Crippen LogP contribution >= 0.6 is 34.0 Å². The Balaban J connectivity index is 1.88. The Labute approximate surface area is 141 Å². The highest BCUT2D eigenvalue weighted by Gasteiger charge is 2.15. The van der Waals surface area contributed by atoms with Crippen LogP contribution in [0, 0.1) is 0 Å². The van der Waals surface area contributed by atoms with Gasteiger partial charge in [-0.3, -0.25) is 0 Å². The van der Waals surface area contributed by atoms with Gasteiger partial charge in [0.05, 0.1) is 4.88 Å². The van der Waals surface area contributed by atoms with E-state index in [1.165, 1.54) is 30.6 Å². The summed E-state index contributed by atoms with van der Waals surface area (Å²) in [6.45, 7) is 0. The minimum Gasteiger partial charge on any atom is -0.208 e. The maximum Gasteiger partial charge on any atom is 0.169 e. The number of hydrogen-bond donors (Lipinski definition) is 0. The van der Waals surface area contributed by atoms with Gasteiger partial charge in [-0.25, -0.2) is 4.57 Å². The van der Waals surface area contributed by atoms with Gasteiger partial charge in [0.25, 0.3) is 0 Å². The van der Waals surface area contributed by atoms with Crippen molar-refractivity contribution < 1.29 is 4.57 Å². The number of hydrogen-bond acceptors (Lipinski definition) is 3. The average molecular weight is 341 g/mol. The molecule has 4 heterocycles. The van der Waals surface area contributed by atoms with E-state index < -0.39 is 0 Å². The summed E-state index contributed by atoms with van der Waals surface area (Å²) < 4.78 is 2.07. The lowest BCUT2D eigenvalue weighted by Crippen LogP contribution is -2.25. The molecule has 0 saturated heterocycles. The summed E-state index contributed by atoms with van der Waals surface area (Å²) in [5, 5.41) is 4.29. The molecule has 0 aromatic carbocycles. The first-order valence-corrected chi connectivity index (χ1v) is 9.56. The summed E-state index contributed by atoms with van der Waals surface area (Å²) in [5.74, 6) is 0. The molecule has 0 aliphatic carbocycles. The zero-order chi connectivity index (χ0) is 14.9. The Morgan fingerprint density at radius 3 is 2.14 bits per heavy atom. The summed E-state index contributed by atoms with van der Waals surface area (Å²) >= 11 is 5.50. The van der Waals surface area contributed by atoms with Crippen molar-refractivity contribution in [3.8, 4) is 30.6 Å². The van der Waals surface area contributed by atoms with Crippen molar-refractivity contribution in [3.63, 3.8) is 0 Å². The SMILES string of the molecule is C[n+]1ccc(-c2cc(-c3cccs3)c(-c3cccs3)s2)cc1. The molecule has 4 rings (SSSR count). The summed E-state index contributed by atoms with van der Waals surface area (Å²) in [6, 6.07) is 15.4. The highest BCUT2D eigenvalue weighted by molar-refractivity contribution is 7.24. The van der Waals surface area contributed by atoms with E-state index in [2.05, 4.69) is 70.2 Å². The molecule has 4 aromatic rings. The van der Waals surface area contributed by atoms with Crippen molar-refractivity contribution in [2.75, 3.05) is 0 Å². The van der Waals surface area contributed by atoms with E-state index >= 15 is 0 Å². The minimum atomic E-state index is 1.28. The predicted molar refractivity (Wildman–Crippen MR) is 97.6 cm³/mol. The van der Waals surface area contributed by atoms with Crippen LogP contribution in [0.1, 0.15) is 0 Å².